The number of imide groups is 1. The van der Waals surface area contributed by atoms with E-state index in [9.17, 15) is 14.4 Å². The highest BCUT2D eigenvalue weighted by Crippen LogP contribution is 2.39. The molecule has 7 nitrogen and oxygen atoms in total. The molecule has 3 rings (SSSR count). The number of esters is 1. The lowest BCUT2D eigenvalue weighted by Crippen LogP contribution is -2.42. The summed E-state index contributed by atoms with van der Waals surface area (Å²) < 4.78 is 16.8. The van der Waals surface area contributed by atoms with Crippen LogP contribution in [-0.4, -0.2) is 40.9 Å². The maximum atomic E-state index is 13.3. The van der Waals surface area contributed by atoms with Crippen LogP contribution in [0.2, 0.25) is 0 Å². The third kappa shape index (κ3) is 5.43. The van der Waals surface area contributed by atoms with Gasteiger partial charge in [-0.15, -0.1) is 0 Å². The van der Waals surface area contributed by atoms with Gasteiger partial charge in [-0.2, -0.15) is 0 Å². The highest BCUT2D eigenvalue weighted by Gasteiger charge is 2.52. The average Bonchev–Trinajstić information content (AvgIpc) is 3.04. The van der Waals surface area contributed by atoms with Gasteiger partial charge in [-0.1, -0.05) is 57.5 Å². The Morgan fingerprint density at radius 1 is 1.12 bits per heavy atom. The van der Waals surface area contributed by atoms with E-state index >= 15 is 0 Å². The zero-order chi connectivity index (χ0) is 23.6. The topological polar surface area (TPSA) is 82.1 Å². The number of hydrogen-bond donors (Lipinski definition) is 0. The number of carbonyl (C=O) groups is 3. The summed E-state index contributed by atoms with van der Waals surface area (Å²) in [5, 5.41) is 0. The first-order chi connectivity index (χ1) is 15.0. The highest BCUT2D eigenvalue weighted by atomic mass is 16.6. The van der Waals surface area contributed by atoms with Crippen LogP contribution >= 0.6 is 0 Å². The molecule has 176 valence electrons. The van der Waals surface area contributed by atoms with Crippen LogP contribution in [0.25, 0.3) is 0 Å². The SMILES string of the molecule is CC1CC[C@H](C(C)C)C(OC(=O)[C@@H]2OC(=O)N(C(=O)OC(C)(C)C)C2c2ccccc2)C1. The van der Waals surface area contributed by atoms with Crippen LogP contribution in [0.4, 0.5) is 9.59 Å². The van der Waals surface area contributed by atoms with Gasteiger partial charge in [-0.3, -0.25) is 0 Å². The standard InChI is InChI=1S/C25H35NO6/c1-15(2)18-13-12-16(3)14-19(18)30-22(27)21-20(17-10-8-7-9-11-17)26(23(28)31-21)24(29)32-25(4,5)6/h7-11,15-16,18-21H,12-14H2,1-6H3/t16?,18-,19?,20?,21-/m1/s1. The van der Waals surface area contributed by atoms with Gasteiger partial charge < -0.3 is 14.2 Å². The van der Waals surface area contributed by atoms with E-state index in [1.54, 1.807) is 45.0 Å². The summed E-state index contributed by atoms with van der Waals surface area (Å²) in [6.45, 7) is 11.6. The zero-order valence-corrected chi connectivity index (χ0v) is 19.9. The fourth-order valence-electron chi connectivity index (χ4n) is 4.60. The van der Waals surface area contributed by atoms with E-state index in [1.165, 1.54) is 0 Å². The number of ether oxygens (including phenoxy) is 3. The van der Waals surface area contributed by atoms with Crippen molar-refractivity contribution in [1.29, 1.82) is 0 Å². The third-order valence-corrected chi connectivity index (χ3v) is 6.18. The molecule has 32 heavy (non-hydrogen) atoms. The number of amides is 2. The highest BCUT2D eigenvalue weighted by molar-refractivity contribution is 5.94. The van der Waals surface area contributed by atoms with Crippen molar-refractivity contribution >= 4 is 18.2 Å². The summed E-state index contributed by atoms with van der Waals surface area (Å²) in [6.07, 6.45) is -0.368. The van der Waals surface area contributed by atoms with Crippen molar-refractivity contribution in [1.82, 2.24) is 4.90 Å². The Bertz CT molecular complexity index is 831. The number of nitrogens with zero attached hydrogens (tertiary/aromatic N) is 1. The van der Waals surface area contributed by atoms with Crippen molar-refractivity contribution < 1.29 is 28.6 Å². The smallest absolute Gasteiger partial charge is 0.420 e. The van der Waals surface area contributed by atoms with E-state index in [-0.39, 0.29) is 12.0 Å². The molecule has 1 heterocycles. The van der Waals surface area contributed by atoms with Gasteiger partial charge in [0.2, 0.25) is 6.10 Å². The Kier molecular flexibility index (Phi) is 7.16. The van der Waals surface area contributed by atoms with Crippen molar-refractivity contribution in [2.45, 2.75) is 84.7 Å². The second kappa shape index (κ2) is 9.51. The Morgan fingerprint density at radius 2 is 1.78 bits per heavy atom. The molecule has 2 fully saturated rings. The first kappa shape index (κ1) is 24.1. The van der Waals surface area contributed by atoms with E-state index in [1.807, 2.05) is 6.07 Å². The molecule has 3 unspecified atom stereocenters. The van der Waals surface area contributed by atoms with E-state index in [2.05, 4.69) is 20.8 Å². The summed E-state index contributed by atoms with van der Waals surface area (Å²) in [4.78, 5) is 39.7. The van der Waals surface area contributed by atoms with Crippen LogP contribution < -0.4 is 0 Å². The number of benzene rings is 1. The van der Waals surface area contributed by atoms with Crippen molar-refractivity contribution in [2.75, 3.05) is 0 Å². The van der Waals surface area contributed by atoms with Gasteiger partial charge >= 0.3 is 18.2 Å². The molecule has 0 spiro atoms. The molecule has 2 aliphatic rings. The number of carbonyl (C=O) groups excluding carboxylic acids is 3. The predicted molar refractivity (Wildman–Crippen MR) is 119 cm³/mol. The molecule has 0 radical (unpaired) electrons. The summed E-state index contributed by atoms with van der Waals surface area (Å²) in [6, 6.07) is 7.94. The van der Waals surface area contributed by atoms with E-state index in [4.69, 9.17) is 14.2 Å². The van der Waals surface area contributed by atoms with Gasteiger partial charge in [0.25, 0.3) is 0 Å². The molecule has 1 aliphatic heterocycles. The number of rotatable bonds is 4. The second-order valence-corrected chi connectivity index (χ2v) is 10.3. The van der Waals surface area contributed by atoms with Gasteiger partial charge in [-0.25, -0.2) is 19.3 Å². The molecule has 0 bridgehead atoms. The molecule has 7 heteroatoms. The largest absolute Gasteiger partial charge is 0.459 e. The minimum Gasteiger partial charge on any atom is -0.459 e. The molecule has 5 atom stereocenters. The van der Waals surface area contributed by atoms with Crippen molar-refractivity contribution in [2.24, 2.45) is 17.8 Å². The maximum absolute atomic E-state index is 13.3. The minimum absolute atomic E-state index is 0.239. The summed E-state index contributed by atoms with van der Waals surface area (Å²) in [5.41, 5.74) is -0.205. The maximum Gasteiger partial charge on any atom is 0.420 e. The van der Waals surface area contributed by atoms with Crippen LogP contribution in [0.1, 0.15) is 72.4 Å². The molecule has 1 aromatic carbocycles. The van der Waals surface area contributed by atoms with Gasteiger partial charge in [0, 0.05) is 0 Å². The van der Waals surface area contributed by atoms with Crippen LogP contribution in [0.15, 0.2) is 30.3 Å². The van der Waals surface area contributed by atoms with Crippen LogP contribution in [-0.2, 0) is 19.0 Å². The quantitative estimate of drug-likeness (QED) is 0.450. The number of cyclic esters (lactones) is 1. The third-order valence-electron chi connectivity index (χ3n) is 6.18. The Labute approximate surface area is 190 Å². The molecule has 1 aromatic rings. The lowest BCUT2D eigenvalue weighted by atomic mass is 9.75. The Balaban J connectivity index is 1.87. The lowest BCUT2D eigenvalue weighted by molar-refractivity contribution is -0.165. The molecule has 1 saturated carbocycles. The van der Waals surface area contributed by atoms with Gasteiger partial charge in [0.15, 0.2) is 0 Å². The van der Waals surface area contributed by atoms with E-state index < -0.39 is 35.9 Å². The molecule has 2 amide bonds. The lowest BCUT2D eigenvalue weighted by Gasteiger charge is -2.37. The average molecular weight is 446 g/mol. The normalized spacial score (nSPS) is 28.4. The predicted octanol–water partition coefficient (Wildman–Crippen LogP) is 5.49. The van der Waals surface area contributed by atoms with E-state index in [0.717, 1.165) is 24.2 Å². The van der Waals surface area contributed by atoms with Gasteiger partial charge in [0.05, 0.1) is 0 Å². The molecular weight excluding hydrogens is 410 g/mol. The first-order valence-electron chi connectivity index (χ1n) is 11.5. The minimum atomic E-state index is -1.25. The fraction of sp³-hybridized carbons (Fsp3) is 0.640. The summed E-state index contributed by atoms with van der Waals surface area (Å²) >= 11 is 0. The molecule has 0 aromatic heterocycles. The van der Waals surface area contributed by atoms with Crippen LogP contribution in [0.3, 0.4) is 0 Å². The monoisotopic (exact) mass is 445 g/mol. The van der Waals surface area contributed by atoms with Crippen molar-refractivity contribution in [3.8, 4) is 0 Å². The Hall–Kier alpha value is -2.57. The zero-order valence-electron chi connectivity index (χ0n) is 19.9. The van der Waals surface area contributed by atoms with Gasteiger partial charge in [-0.05, 0) is 56.9 Å². The first-order valence-corrected chi connectivity index (χ1v) is 11.5. The summed E-state index contributed by atoms with van der Waals surface area (Å²) in [7, 11) is 0. The Morgan fingerprint density at radius 3 is 2.38 bits per heavy atom. The van der Waals surface area contributed by atoms with Crippen LogP contribution in [0, 0.1) is 17.8 Å². The molecule has 1 aliphatic carbocycles. The number of hydrogen-bond acceptors (Lipinski definition) is 6. The van der Waals surface area contributed by atoms with Crippen LogP contribution in [0.5, 0.6) is 0 Å². The second-order valence-electron chi connectivity index (χ2n) is 10.3. The molecule has 1 saturated heterocycles. The summed E-state index contributed by atoms with van der Waals surface area (Å²) in [5.74, 6) is 0.458. The van der Waals surface area contributed by atoms with Gasteiger partial charge in [0.1, 0.15) is 17.7 Å². The molecular formula is C25H35NO6. The molecule has 0 N–H and O–H groups in total. The van der Waals surface area contributed by atoms with E-state index in [0.29, 0.717) is 17.4 Å². The van der Waals surface area contributed by atoms with Crippen molar-refractivity contribution in [3.63, 3.8) is 0 Å². The fourth-order valence-corrected chi connectivity index (χ4v) is 4.60. The van der Waals surface area contributed by atoms with Crippen molar-refractivity contribution in [3.05, 3.63) is 35.9 Å².